The number of aryl methyl sites for hydroxylation is 1. The molecule has 0 radical (unpaired) electrons. The van der Waals surface area contributed by atoms with E-state index in [1.54, 1.807) is 6.20 Å². The van der Waals surface area contributed by atoms with Crippen molar-refractivity contribution >= 4 is 17.4 Å². The molecular weight excluding hydrogens is 310 g/mol. The Labute approximate surface area is 147 Å². The minimum Gasteiger partial charge on any atom is -0.324 e. The maximum Gasteiger partial charge on any atom is 0.227 e. The van der Waals surface area contributed by atoms with Gasteiger partial charge in [-0.3, -0.25) is 4.79 Å². The van der Waals surface area contributed by atoms with E-state index in [9.17, 15) is 4.79 Å². The highest BCUT2D eigenvalue weighted by Crippen LogP contribution is 2.32. The van der Waals surface area contributed by atoms with Crippen LogP contribution in [0, 0.1) is 6.92 Å². The maximum absolute atomic E-state index is 12.5. The van der Waals surface area contributed by atoms with E-state index < -0.39 is 0 Å². The number of rotatable bonds is 3. The second-order valence-corrected chi connectivity index (χ2v) is 6.48. The normalized spacial score (nSPS) is 16.4. The third-order valence-electron chi connectivity index (χ3n) is 4.62. The van der Waals surface area contributed by atoms with Crippen LogP contribution in [0.3, 0.4) is 0 Å². The molecule has 1 aromatic heterocycles. The Hall–Kier alpha value is -3.01. The zero-order valence-corrected chi connectivity index (χ0v) is 14.1. The molecule has 4 rings (SSSR count). The van der Waals surface area contributed by atoms with Gasteiger partial charge in [0.1, 0.15) is 0 Å². The van der Waals surface area contributed by atoms with Crippen molar-refractivity contribution in [2.24, 2.45) is 0 Å². The summed E-state index contributed by atoms with van der Waals surface area (Å²) in [6.45, 7) is 2.05. The van der Waals surface area contributed by atoms with Crippen molar-refractivity contribution in [3.8, 4) is 0 Å². The molecule has 1 aliphatic rings. The highest BCUT2D eigenvalue weighted by Gasteiger charge is 2.27. The zero-order chi connectivity index (χ0) is 17.2. The molecule has 2 aromatic carbocycles. The first-order valence-electron chi connectivity index (χ1n) is 8.47. The number of anilines is 2. The van der Waals surface area contributed by atoms with Crippen molar-refractivity contribution in [1.82, 2.24) is 9.97 Å². The molecule has 0 fully saturated rings. The van der Waals surface area contributed by atoms with Crippen molar-refractivity contribution in [3.63, 3.8) is 0 Å². The van der Waals surface area contributed by atoms with E-state index >= 15 is 0 Å². The average Bonchev–Trinajstić information content (AvgIpc) is 2.64. The van der Waals surface area contributed by atoms with Crippen LogP contribution >= 0.6 is 0 Å². The lowest BCUT2D eigenvalue weighted by Crippen LogP contribution is -2.21. The number of carbonyl (C=O) groups excluding carboxylic acids is 1. The predicted molar refractivity (Wildman–Crippen MR) is 98.3 cm³/mol. The molecule has 1 atom stereocenters. The first-order chi connectivity index (χ1) is 12.2. The van der Waals surface area contributed by atoms with Gasteiger partial charge < -0.3 is 5.32 Å². The largest absolute Gasteiger partial charge is 0.324 e. The average molecular weight is 329 g/mol. The van der Waals surface area contributed by atoms with Crippen LogP contribution in [0.2, 0.25) is 0 Å². The molecule has 1 aliphatic carbocycles. The molecule has 4 heteroatoms. The van der Waals surface area contributed by atoms with Crippen LogP contribution in [0.4, 0.5) is 11.6 Å². The van der Waals surface area contributed by atoms with Crippen molar-refractivity contribution in [1.29, 1.82) is 0 Å². The Bertz CT molecular complexity index is 904. The van der Waals surface area contributed by atoms with Crippen LogP contribution in [-0.4, -0.2) is 15.8 Å². The van der Waals surface area contributed by atoms with Crippen molar-refractivity contribution in [2.75, 3.05) is 5.32 Å². The van der Waals surface area contributed by atoms with Crippen LogP contribution in [0.15, 0.2) is 60.8 Å². The summed E-state index contributed by atoms with van der Waals surface area (Å²) in [7, 11) is 0. The summed E-state index contributed by atoms with van der Waals surface area (Å²) in [5, 5.41) is 3.22. The van der Waals surface area contributed by atoms with Gasteiger partial charge in [-0.15, -0.1) is 0 Å². The van der Waals surface area contributed by atoms with E-state index in [-0.39, 0.29) is 11.7 Å². The van der Waals surface area contributed by atoms with Gasteiger partial charge in [0.05, 0.1) is 11.3 Å². The molecule has 1 N–H and O–H groups in total. The van der Waals surface area contributed by atoms with E-state index in [2.05, 4.69) is 34.3 Å². The smallest absolute Gasteiger partial charge is 0.227 e. The van der Waals surface area contributed by atoms with Crippen LogP contribution in [0.5, 0.6) is 0 Å². The molecule has 4 nitrogen and oxygen atoms in total. The van der Waals surface area contributed by atoms with Crippen LogP contribution < -0.4 is 5.32 Å². The fraction of sp³-hybridized carbons (Fsp3) is 0.190. The molecule has 0 bridgehead atoms. The molecule has 0 aliphatic heterocycles. The number of ketones is 1. The third kappa shape index (κ3) is 3.29. The molecule has 1 heterocycles. The standard InChI is InChI=1S/C21H19N3O/c1-14-7-9-17(10-8-14)23-21-22-13-18-19(24-21)11-16(12-20(18)25)15-5-3-2-4-6-15/h2-10,13,16H,11-12H2,1H3,(H,22,23,24)/t16-/m0/s1. The van der Waals surface area contributed by atoms with Crippen LogP contribution in [0.1, 0.15) is 39.5 Å². The fourth-order valence-corrected chi connectivity index (χ4v) is 3.23. The molecule has 124 valence electrons. The summed E-state index contributed by atoms with van der Waals surface area (Å²) in [4.78, 5) is 21.4. The summed E-state index contributed by atoms with van der Waals surface area (Å²) < 4.78 is 0. The summed E-state index contributed by atoms with van der Waals surface area (Å²) >= 11 is 0. The summed E-state index contributed by atoms with van der Waals surface area (Å²) in [6, 6.07) is 18.2. The first-order valence-corrected chi connectivity index (χ1v) is 8.47. The number of fused-ring (bicyclic) bond motifs is 1. The second kappa shape index (κ2) is 6.48. The molecule has 0 spiro atoms. The van der Waals surface area contributed by atoms with Gasteiger partial charge in [0.15, 0.2) is 5.78 Å². The first kappa shape index (κ1) is 15.5. The Morgan fingerprint density at radius 2 is 1.76 bits per heavy atom. The monoisotopic (exact) mass is 329 g/mol. The number of benzene rings is 2. The SMILES string of the molecule is Cc1ccc(Nc2ncc3c(n2)C[C@H](c2ccccc2)CC3=O)cc1. The van der Waals surface area contributed by atoms with E-state index in [0.717, 1.165) is 17.8 Å². The molecule has 3 aromatic rings. The van der Waals surface area contributed by atoms with Gasteiger partial charge in [-0.2, -0.15) is 0 Å². The molecule has 25 heavy (non-hydrogen) atoms. The summed E-state index contributed by atoms with van der Waals surface area (Å²) in [5.74, 6) is 0.837. The minimum absolute atomic E-state index is 0.122. The molecule has 0 amide bonds. The Morgan fingerprint density at radius 1 is 1.00 bits per heavy atom. The topological polar surface area (TPSA) is 54.9 Å². The van der Waals surface area contributed by atoms with Gasteiger partial charge >= 0.3 is 0 Å². The second-order valence-electron chi connectivity index (χ2n) is 6.48. The van der Waals surface area contributed by atoms with Crippen molar-refractivity contribution in [2.45, 2.75) is 25.7 Å². The predicted octanol–water partition coefficient (Wildman–Crippen LogP) is 4.44. The van der Waals surface area contributed by atoms with Crippen LogP contribution in [0.25, 0.3) is 0 Å². The van der Waals surface area contributed by atoms with Gasteiger partial charge in [-0.1, -0.05) is 48.0 Å². The van der Waals surface area contributed by atoms with Crippen molar-refractivity contribution in [3.05, 3.63) is 83.2 Å². The third-order valence-corrected chi connectivity index (χ3v) is 4.62. The number of hydrogen-bond acceptors (Lipinski definition) is 4. The highest BCUT2D eigenvalue weighted by molar-refractivity contribution is 5.98. The Morgan fingerprint density at radius 3 is 2.52 bits per heavy atom. The number of nitrogens with zero attached hydrogens (tertiary/aromatic N) is 2. The lowest BCUT2D eigenvalue weighted by molar-refractivity contribution is 0.0962. The van der Waals surface area contributed by atoms with Gasteiger partial charge in [0, 0.05) is 18.3 Å². The lowest BCUT2D eigenvalue weighted by atomic mass is 9.82. The Kier molecular flexibility index (Phi) is 4.02. The molecule has 0 unspecified atom stereocenters. The van der Waals surface area contributed by atoms with Crippen LogP contribution in [-0.2, 0) is 6.42 Å². The van der Waals surface area contributed by atoms with Crippen molar-refractivity contribution < 1.29 is 4.79 Å². The van der Waals surface area contributed by atoms with Gasteiger partial charge in [-0.25, -0.2) is 9.97 Å². The highest BCUT2D eigenvalue weighted by atomic mass is 16.1. The Balaban J connectivity index is 1.61. The number of carbonyl (C=O) groups is 1. The number of Topliss-reactive ketones (excluding diaryl/α,β-unsaturated/α-hetero) is 1. The maximum atomic E-state index is 12.5. The molecular formula is C21H19N3O. The summed E-state index contributed by atoms with van der Waals surface area (Å²) in [5.41, 5.74) is 4.81. The number of hydrogen-bond donors (Lipinski definition) is 1. The summed E-state index contributed by atoms with van der Waals surface area (Å²) in [6.07, 6.45) is 2.93. The van der Waals surface area contributed by atoms with E-state index in [0.29, 0.717) is 17.9 Å². The lowest BCUT2D eigenvalue weighted by Gasteiger charge is -2.23. The zero-order valence-electron chi connectivity index (χ0n) is 14.1. The molecule has 0 saturated carbocycles. The quantitative estimate of drug-likeness (QED) is 0.772. The van der Waals surface area contributed by atoms with Gasteiger partial charge in [-0.05, 0) is 37.0 Å². The van der Waals surface area contributed by atoms with Gasteiger partial charge in [0.2, 0.25) is 5.95 Å². The minimum atomic E-state index is 0.122. The van der Waals surface area contributed by atoms with Gasteiger partial charge in [0.25, 0.3) is 0 Å². The molecule has 0 saturated heterocycles. The fourth-order valence-electron chi connectivity index (χ4n) is 3.23. The number of nitrogens with one attached hydrogen (secondary N) is 1. The van der Waals surface area contributed by atoms with E-state index in [4.69, 9.17) is 0 Å². The van der Waals surface area contributed by atoms with E-state index in [1.807, 2.05) is 42.5 Å². The van der Waals surface area contributed by atoms with E-state index in [1.165, 1.54) is 11.1 Å². The number of aromatic nitrogens is 2.